The molecule has 1 rings (SSSR count). The third-order valence-electron chi connectivity index (χ3n) is 4.29. The molecule has 0 spiro atoms. The molecular weight excluding hydrogens is 196 g/mol. The maximum absolute atomic E-state index is 5.73. The predicted octanol–water partition coefficient (Wildman–Crippen LogP) is 2.87. The summed E-state index contributed by atoms with van der Waals surface area (Å²) in [6.45, 7) is 12.8. The highest BCUT2D eigenvalue weighted by Crippen LogP contribution is 2.35. The number of nitrogens with two attached hydrogens (primary N) is 1. The van der Waals surface area contributed by atoms with Gasteiger partial charge in [0.05, 0.1) is 0 Å². The molecule has 0 aromatic carbocycles. The molecular formula is C14H30N2. The molecule has 1 unspecified atom stereocenters. The van der Waals surface area contributed by atoms with Gasteiger partial charge < -0.3 is 5.73 Å². The van der Waals surface area contributed by atoms with Crippen molar-refractivity contribution in [3.05, 3.63) is 0 Å². The van der Waals surface area contributed by atoms with E-state index in [9.17, 15) is 0 Å². The molecule has 0 radical (unpaired) electrons. The number of nitrogens with zero attached hydrogens (tertiary/aromatic N) is 1. The second-order valence-electron chi connectivity index (χ2n) is 6.24. The van der Waals surface area contributed by atoms with Crippen molar-refractivity contribution in [2.24, 2.45) is 17.6 Å². The van der Waals surface area contributed by atoms with E-state index in [1.165, 1.54) is 38.8 Å². The minimum Gasteiger partial charge on any atom is -0.330 e. The molecule has 1 saturated heterocycles. The third-order valence-corrected chi connectivity index (χ3v) is 4.29. The molecule has 0 amide bonds. The van der Waals surface area contributed by atoms with Gasteiger partial charge in [-0.25, -0.2) is 0 Å². The topological polar surface area (TPSA) is 29.3 Å². The Balaban J connectivity index is 2.55. The van der Waals surface area contributed by atoms with Gasteiger partial charge in [-0.3, -0.25) is 4.90 Å². The van der Waals surface area contributed by atoms with E-state index in [2.05, 4.69) is 32.6 Å². The van der Waals surface area contributed by atoms with Gasteiger partial charge in [0, 0.05) is 5.54 Å². The Morgan fingerprint density at radius 2 is 2.06 bits per heavy atom. The Morgan fingerprint density at radius 3 is 2.62 bits per heavy atom. The van der Waals surface area contributed by atoms with E-state index in [4.69, 9.17) is 5.73 Å². The number of hydrogen-bond donors (Lipinski definition) is 1. The summed E-state index contributed by atoms with van der Waals surface area (Å²) < 4.78 is 0. The lowest BCUT2D eigenvalue weighted by Gasteiger charge is -2.48. The van der Waals surface area contributed by atoms with Crippen molar-refractivity contribution >= 4 is 0 Å². The zero-order chi connectivity index (χ0) is 12.2. The average molecular weight is 226 g/mol. The molecule has 1 atom stereocenters. The van der Waals surface area contributed by atoms with Crippen LogP contribution in [0.15, 0.2) is 0 Å². The van der Waals surface area contributed by atoms with Gasteiger partial charge in [-0.15, -0.1) is 0 Å². The molecule has 96 valence electrons. The monoisotopic (exact) mass is 226 g/mol. The van der Waals surface area contributed by atoms with E-state index in [0.29, 0.717) is 5.54 Å². The first-order valence-corrected chi connectivity index (χ1v) is 6.93. The van der Waals surface area contributed by atoms with Crippen LogP contribution in [0.2, 0.25) is 0 Å². The van der Waals surface area contributed by atoms with E-state index in [-0.39, 0.29) is 0 Å². The van der Waals surface area contributed by atoms with Crippen LogP contribution >= 0.6 is 0 Å². The molecule has 0 aromatic rings. The van der Waals surface area contributed by atoms with Crippen LogP contribution in [0.4, 0.5) is 0 Å². The van der Waals surface area contributed by atoms with E-state index in [0.717, 1.165) is 18.4 Å². The minimum atomic E-state index is 0.354. The highest BCUT2D eigenvalue weighted by Gasteiger charge is 2.37. The van der Waals surface area contributed by atoms with Gasteiger partial charge in [-0.2, -0.15) is 0 Å². The first-order valence-electron chi connectivity index (χ1n) is 6.93. The van der Waals surface area contributed by atoms with Crippen molar-refractivity contribution in [3.63, 3.8) is 0 Å². The van der Waals surface area contributed by atoms with Crippen molar-refractivity contribution in [2.75, 3.05) is 19.6 Å². The van der Waals surface area contributed by atoms with Crippen molar-refractivity contribution in [2.45, 2.75) is 58.9 Å². The summed E-state index contributed by atoms with van der Waals surface area (Å²) in [7, 11) is 0. The zero-order valence-electron chi connectivity index (χ0n) is 11.6. The second-order valence-corrected chi connectivity index (χ2v) is 6.24. The lowest BCUT2D eigenvalue weighted by Crippen LogP contribution is -2.54. The predicted molar refractivity (Wildman–Crippen MR) is 71.5 cm³/mol. The molecule has 16 heavy (non-hydrogen) atoms. The molecule has 0 saturated carbocycles. The number of piperidine rings is 1. The van der Waals surface area contributed by atoms with Crippen molar-refractivity contribution in [1.29, 1.82) is 0 Å². The molecule has 0 bridgehead atoms. The fraction of sp³-hybridized carbons (Fsp3) is 1.00. The summed E-state index contributed by atoms with van der Waals surface area (Å²) >= 11 is 0. The van der Waals surface area contributed by atoms with Crippen LogP contribution in [0.25, 0.3) is 0 Å². The van der Waals surface area contributed by atoms with Crippen LogP contribution < -0.4 is 5.73 Å². The highest BCUT2D eigenvalue weighted by molar-refractivity contribution is 4.92. The van der Waals surface area contributed by atoms with Crippen LogP contribution in [0.5, 0.6) is 0 Å². The molecule has 2 heteroatoms. The minimum absolute atomic E-state index is 0.354. The maximum Gasteiger partial charge on any atom is 0.0181 e. The van der Waals surface area contributed by atoms with Gasteiger partial charge in [-0.1, -0.05) is 13.8 Å². The fourth-order valence-corrected chi connectivity index (χ4v) is 2.94. The van der Waals surface area contributed by atoms with E-state index >= 15 is 0 Å². The Morgan fingerprint density at radius 1 is 1.38 bits per heavy atom. The quantitative estimate of drug-likeness (QED) is 0.781. The summed E-state index contributed by atoms with van der Waals surface area (Å²) in [5.74, 6) is 1.60. The van der Waals surface area contributed by atoms with E-state index in [1.54, 1.807) is 0 Å². The normalized spacial score (nSPS) is 26.2. The largest absolute Gasteiger partial charge is 0.330 e. The number of hydrogen-bond acceptors (Lipinski definition) is 2. The molecule has 2 N–H and O–H groups in total. The Bertz CT molecular complexity index is 197. The zero-order valence-corrected chi connectivity index (χ0v) is 11.6. The summed E-state index contributed by atoms with van der Waals surface area (Å²) in [6, 6.07) is 0. The Hall–Kier alpha value is -0.0800. The smallest absolute Gasteiger partial charge is 0.0181 e. The van der Waals surface area contributed by atoms with Gasteiger partial charge >= 0.3 is 0 Å². The average Bonchev–Trinajstić information content (AvgIpc) is 2.19. The molecule has 1 aliphatic heterocycles. The van der Waals surface area contributed by atoms with Gasteiger partial charge in [0.2, 0.25) is 0 Å². The molecule has 0 aliphatic carbocycles. The van der Waals surface area contributed by atoms with Gasteiger partial charge in [0.25, 0.3) is 0 Å². The fourth-order valence-electron chi connectivity index (χ4n) is 2.94. The summed E-state index contributed by atoms with van der Waals surface area (Å²) in [5.41, 5.74) is 6.08. The Labute approximate surface area is 102 Å². The number of likely N-dealkylation sites (tertiary alicyclic amines) is 1. The van der Waals surface area contributed by atoms with Gasteiger partial charge in [0.15, 0.2) is 0 Å². The summed E-state index contributed by atoms with van der Waals surface area (Å²) in [5, 5.41) is 0. The van der Waals surface area contributed by atoms with Crippen molar-refractivity contribution in [3.8, 4) is 0 Å². The maximum atomic E-state index is 5.73. The van der Waals surface area contributed by atoms with E-state index < -0.39 is 0 Å². The molecule has 1 heterocycles. The first kappa shape index (κ1) is 14.0. The molecule has 2 nitrogen and oxygen atoms in total. The third kappa shape index (κ3) is 3.46. The highest BCUT2D eigenvalue weighted by atomic mass is 15.2. The van der Waals surface area contributed by atoms with Gasteiger partial charge in [-0.05, 0) is 71.0 Å². The number of rotatable bonds is 5. The molecule has 1 fully saturated rings. The van der Waals surface area contributed by atoms with Crippen LogP contribution in [-0.2, 0) is 0 Å². The van der Waals surface area contributed by atoms with Crippen LogP contribution in [-0.4, -0.2) is 30.1 Å². The molecule has 0 aromatic heterocycles. The van der Waals surface area contributed by atoms with Crippen molar-refractivity contribution < 1.29 is 0 Å². The van der Waals surface area contributed by atoms with E-state index in [1.807, 2.05) is 0 Å². The van der Waals surface area contributed by atoms with Crippen LogP contribution in [0.3, 0.4) is 0 Å². The standard InChI is InChI=1S/C14H30N2/c1-12(2)8-11-16-10-5-6-13(7-9-15)14(16,3)4/h12-13H,5-11,15H2,1-4H3. The SMILES string of the molecule is CC(C)CCN1CCCC(CCN)C1(C)C. The first-order chi connectivity index (χ1) is 7.48. The summed E-state index contributed by atoms with van der Waals surface area (Å²) in [6.07, 6.45) is 5.22. The lowest BCUT2D eigenvalue weighted by molar-refractivity contribution is 0.0160. The van der Waals surface area contributed by atoms with Crippen LogP contribution in [0.1, 0.15) is 53.4 Å². The van der Waals surface area contributed by atoms with Gasteiger partial charge in [0.1, 0.15) is 0 Å². The summed E-state index contributed by atoms with van der Waals surface area (Å²) in [4.78, 5) is 2.69. The second kappa shape index (κ2) is 6.02. The van der Waals surface area contributed by atoms with Crippen LogP contribution in [0, 0.1) is 11.8 Å². The lowest BCUT2D eigenvalue weighted by atomic mass is 9.77. The van der Waals surface area contributed by atoms with Crippen molar-refractivity contribution in [1.82, 2.24) is 4.90 Å². The Kier molecular flexibility index (Phi) is 5.26. The molecule has 1 aliphatic rings.